The predicted octanol–water partition coefficient (Wildman–Crippen LogP) is 5.98. The number of aliphatic hydroxyl groups is 2. The average molecular weight is 475 g/mol. The SMILES string of the molecule is COC(=O)[C@]12CC[C@@H](C(C)O)C1C1CCC3[C@@]4(C)CC[C@H](O)C(C)(C)C4CC[C@@]3(C)[C@]1(C)CC2. The number of carbonyl (C=O) groups is 1. The zero-order chi connectivity index (χ0) is 24.9. The van der Waals surface area contributed by atoms with E-state index in [1.165, 1.54) is 19.3 Å². The third-order valence-corrected chi connectivity index (χ3v) is 13.7. The van der Waals surface area contributed by atoms with E-state index in [0.29, 0.717) is 17.8 Å². The van der Waals surface area contributed by atoms with E-state index in [2.05, 4.69) is 34.6 Å². The molecule has 4 nitrogen and oxygen atoms in total. The van der Waals surface area contributed by atoms with Gasteiger partial charge in [-0.2, -0.15) is 0 Å². The zero-order valence-corrected chi connectivity index (χ0v) is 22.8. The van der Waals surface area contributed by atoms with Gasteiger partial charge in [-0.1, -0.05) is 34.6 Å². The first-order chi connectivity index (χ1) is 15.8. The Balaban J connectivity index is 1.56. The Morgan fingerprint density at radius 2 is 1.56 bits per heavy atom. The van der Waals surface area contributed by atoms with Crippen molar-refractivity contribution in [1.29, 1.82) is 0 Å². The van der Waals surface area contributed by atoms with Crippen molar-refractivity contribution >= 4 is 5.97 Å². The summed E-state index contributed by atoms with van der Waals surface area (Å²) in [5.74, 6) is 2.09. The van der Waals surface area contributed by atoms with Gasteiger partial charge in [-0.15, -0.1) is 0 Å². The Morgan fingerprint density at radius 1 is 0.853 bits per heavy atom. The highest BCUT2D eigenvalue weighted by molar-refractivity contribution is 5.78. The van der Waals surface area contributed by atoms with Crippen LogP contribution in [-0.2, 0) is 9.53 Å². The fourth-order valence-electron chi connectivity index (χ4n) is 11.7. The van der Waals surface area contributed by atoms with Crippen molar-refractivity contribution in [3.8, 4) is 0 Å². The van der Waals surface area contributed by atoms with E-state index in [4.69, 9.17) is 4.74 Å². The molecule has 5 rings (SSSR count). The second kappa shape index (κ2) is 7.70. The standard InChI is InChI=1S/C30H50O4/c1-18(31)19-10-15-30(25(33)34-7)17-16-28(5)20(24(19)30)8-9-22-27(4)13-12-23(32)26(2,3)21(27)11-14-29(22,28)6/h18-24,31-32H,8-17H2,1-7H3/t18?,19-,20?,21?,22?,23-,24?,27-,28+,29+,30-/m0/s1. The van der Waals surface area contributed by atoms with E-state index >= 15 is 0 Å². The lowest BCUT2D eigenvalue weighted by Crippen LogP contribution is -2.67. The van der Waals surface area contributed by atoms with Crippen LogP contribution < -0.4 is 0 Å². The highest BCUT2D eigenvalue weighted by Crippen LogP contribution is 2.77. The van der Waals surface area contributed by atoms with Crippen LogP contribution in [0.15, 0.2) is 0 Å². The molecular formula is C30H50O4. The number of carbonyl (C=O) groups excluding carboxylic acids is 1. The number of fused-ring (bicyclic) bond motifs is 7. The highest BCUT2D eigenvalue weighted by Gasteiger charge is 2.72. The molecule has 2 N–H and O–H groups in total. The second-order valence-electron chi connectivity index (χ2n) is 14.7. The topological polar surface area (TPSA) is 66.8 Å². The Bertz CT molecular complexity index is 836. The van der Waals surface area contributed by atoms with Crippen LogP contribution in [-0.4, -0.2) is 35.5 Å². The maximum Gasteiger partial charge on any atom is 0.312 e. The molecule has 11 atom stereocenters. The molecule has 5 fully saturated rings. The number of aliphatic hydroxyl groups excluding tert-OH is 2. The van der Waals surface area contributed by atoms with Gasteiger partial charge in [0.05, 0.1) is 24.7 Å². The molecule has 5 saturated carbocycles. The van der Waals surface area contributed by atoms with E-state index in [9.17, 15) is 15.0 Å². The zero-order valence-electron chi connectivity index (χ0n) is 22.8. The lowest BCUT2D eigenvalue weighted by molar-refractivity contribution is -0.250. The molecule has 5 aliphatic rings. The van der Waals surface area contributed by atoms with E-state index in [1.54, 1.807) is 7.11 Å². The van der Waals surface area contributed by atoms with Gasteiger partial charge in [0, 0.05) is 0 Å². The van der Waals surface area contributed by atoms with Gasteiger partial charge in [0.2, 0.25) is 0 Å². The van der Waals surface area contributed by atoms with Crippen molar-refractivity contribution in [1.82, 2.24) is 0 Å². The number of hydrogen-bond acceptors (Lipinski definition) is 4. The summed E-state index contributed by atoms with van der Waals surface area (Å²) >= 11 is 0. The van der Waals surface area contributed by atoms with Gasteiger partial charge in [-0.25, -0.2) is 0 Å². The molecule has 0 aliphatic heterocycles. The molecule has 0 aromatic rings. The van der Waals surface area contributed by atoms with Crippen LogP contribution in [0.1, 0.15) is 106 Å². The smallest absolute Gasteiger partial charge is 0.312 e. The van der Waals surface area contributed by atoms with E-state index in [1.807, 2.05) is 6.92 Å². The van der Waals surface area contributed by atoms with Gasteiger partial charge in [0.25, 0.3) is 0 Å². The van der Waals surface area contributed by atoms with Crippen LogP contribution >= 0.6 is 0 Å². The van der Waals surface area contributed by atoms with Crippen LogP contribution in [0.25, 0.3) is 0 Å². The molecule has 5 unspecified atom stereocenters. The summed E-state index contributed by atoms with van der Waals surface area (Å²) in [5.41, 5.74) is 0.237. The summed E-state index contributed by atoms with van der Waals surface area (Å²) in [6.07, 6.45) is 10.1. The van der Waals surface area contributed by atoms with Crippen molar-refractivity contribution in [2.75, 3.05) is 7.11 Å². The fraction of sp³-hybridized carbons (Fsp3) is 0.967. The number of hydrogen-bond donors (Lipinski definition) is 2. The van der Waals surface area contributed by atoms with E-state index in [-0.39, 0.29) is 51.7 Å². The van der Waals surface area contributed by atoms with Gasteiger partial charge in [-0.3, -0.25) is 4.79 Å². The number of methoxy groups -OCH3 is 1. The molecule has 0 aromatic heterocycles. The Labute approximate surface area is 207 Å². The summed E-state index contributed by atoms with van der Waals surface area (Å²) in [6.45, 7) is 14.3. The quantitative estimate of drug-likeness (QED) is 0.483. The first-order valence-electron chi connectivity index (χ1n) is 14.2. The average Bonchev–Trinajstić information content (AvgIpc) is 3.18. The molecule has 0 bridgehead atoms. The molecule has 0 radical (unpaired) electrons. The van der Waals surface area contributed by atoms with E-state index < -0.39 is 5.41 Å². The molecule has 0 aromatic carbocycles. The molecule has 0 heterocycles. The normalized spacial score (nSPS) is 54.7. The summed E-state index contributed by atoms with van der Waals surface area (Å²) in [4.78, 5) is 13.3. The third kappa shape index (κ3) is 2.88. The Kier molecular flexibility index (Phi) is 5.67. The summed E-state index contributed by atoms with van der Waals surface area (Å²) in [5, 5.41) is 21.7. The number of esters is 1. The monoisotopic (exact) mass is 474 g/mol. The van der Waals surface area contributed by atoms with Crippen LogP contribution in [0.4, 0.5) is 0 Å². The minimum Gasteiger partial charge on any atom is -0.469 e. The third-order valence-electron chi connectivity index (χ3n) is 13.7. The lowest BCUT2D eigenvalue weighted by atomic mass is 9.32. The van der Waals surface area contributed by atoms with E-state index in [0.717, 1.165) is 44.9 Å². The van der Waals surface area contributed by atoms with Gasteiger partial charge in [0.1, 0.15) is 0 Å². The first-order valence-corrected chi connectivity index (χ1v) is 14.2. The fourth-order valence-corrected chi connectivity index (χ4v) is 11.7. The number of ether oxygens (including phenoxy) is 1. The van der Waals surface area contributed by atoms with Gasteiger partial charge in [0.15, 0.2) is 0 Å². The van der Waals surface area contributed by atoms with Gasteiger partial charge in [-0.05, 0) is 122 Å². The molecule has 4 heteroatoms. The maximum absolute atomic E-state index is 13.3. The van der Waals surface area contributed by atoms with Crippen molar-refractivity contribution in [2.24, 2.45) is 56.7 Å². The maximum atomic E-state index is 13.3. The molecule has 0 saturated heterocycles. The molecule has 0 amide bonds. The lowest BCUT2D eigenvalue weighted by Gasteiger charge is -2.72. The van der Waals surface area contributed by atoms with Crippen LogP contribution in [0.3, 0.4) is 0 Å². The minimum atomic E-state index is -0.401. The summed E-state index contributed by atoms with van der Waals surface area (Å²) < 4.78 is 5.44. The van der Waals surface area contributed by atoms with Gasteiger partial charge < -0.3 is 14.9 Å². The van der Waals surface area contributed by atoms with Crippen LogP contribution in [0, 0.1) is 56.7 Å². The van der Waals surface area contributed by atoms with Gasteiger partial charge >= 0.3 is 5.97 Å². The largest absolute Gasteiger partial charge is 0.469 e. The molecule has 0 spiro atoms. The summed E-state index contributed by atoms with van der Waals surface area (Å²) in [6, 6.07) is 0. The molecule has 34 heavy (non-hydrogen) atoms. The van der Waals surface area contributed by atoms with Crippen LogP contribution in [0.5, 0.6) is 0 Å². The van der Waals surface area contributed by atoms with Crippen molar-refractivity contribution in [3.05, 3.63) is 0 Å². The van der Waals surface area contributed by atoms with Crippen molar-refractivity contribution in [3.63, 3.8) is 0 Å². The second-order valence-corrected chi connectivity index (χ2v) is 14.7. The molecular weight excluding hydrogens is 424 g/mol. The Morgan fingerprint density at radius 3 is 2.21 bits per heavy atom. The minimum absolute atomic E-state index is 0.0198. The summed E-state index contributed by atoms with van der Waals surface area (Å²) in [7, 11) is 1.55. The van der Waals surface area contributed by atoms with Crippen molar-refractivity contribution in [2.45, 2.75) is 118 Å². The Hall–Kier alpha value is -0.610. The molecule has 5 aliphatic carbocycles. The van der Waals surface area contributed by atoms with Crippen LogP contribution in [0.2, 0.25) is 0 Å². The number of rotatable bonds is 2. The first kappa shape index (κ1) is 25.1. The molecule has 194 valence electrons. The highest BCUT2D eigenvalue weighted by atomic mass is 16.5. The predicted molar refractivity (Wildman–Crippen MR) is 134 cm³/mol. The van der Waals surface area contributed by atoms with Crippen molar-refractivity contribution < 1.29 is 19.7 Å².